The van der Waals surface area contributed by atoms with Crippen LogP contribution in [0.2, 0.25) is 5.15 Å². The number of hydrogen-bond donors (Lipinski definition) is 10. The lowest BCUT2D eigenvalue weighted by molar-refractivity contribution is -0.0529. The molecule has 0 fully saturated rings. The summed E-state index contributed by atoms with van der Waals surface area (Å²) in [7, 11) is 0. The van der Waals surface area contributed by atoms with E-state index in [0.29, 0.717) is 19.6 Å². The molecule has 0 radical (unpaired) electrons. The van der Waals surface area contributed by atoms with Crippen LogP contribution < -0.4 is 22.5 Å². The average Bonchev–Trinajstić information content (AvgIpc) is 2.98. The topological polar surface area (TPSA) is 270 Å². The molecule has 4 atom stereocenters. The van der Waals surface area contributed by atoms with Gasteiger partial charge in [0.25, 0.3) is 0 Å². The molecule has 0 spiro atoms. The molecule has 16 heteroatoms. The third-order valence-corrected chi connectivity index (χ3v) is 6.84. The zero-order valence-electron chi connectivity index (χ0n) is 23.9. The number of Topliss-reactive ketones (excluding diaryl/α,β-unsaturated/α-hetero) is 1. The molecule has 0 aliphatic heterocycles. The lowest BCUT2D eigenvalue weighted by Gasteiger charge is -2.30. The number of aliphatic hydroxyl groups excluding tert-OH is 6. The second-order valence-electron chi connectivity index (χ2n) is 10.1. The molecule has 13 N–H and O–H groups in total. The van der Waals surface area contributed by atoms with Crippen LogP contribution in [0.15, 0.2) is 29.3 Å². The molecule has 0 bridgehead atoms. The number of aromatic nitrogens is 2. The van der Waals surface area contributed by atoms with Gasteiger partial charge in [0, 0.05) is 38.4 Å². The number of ketones is 1. The monoisotopic (exact) mass is 626 g/mol. The van der Waals surface area contributed by atoms with Crippen molar-refractivity contribution in [3.8, 4) is 0 Å². The Labute approximate surface area is 255 Å². The van der Waals surface area contributed by atoms with E-state index in [1.165, 1.54) is 0 Å². The van der Waals surface area contributed by atoms with Gasteiger partial charge in [-0.25, -0.2) is 9.97 Å². The van der Waals surface area contributed by atoms with E-state index in [0.717, 1.165) is 30.5 Å². The fourth-order valence-corrected chi connectivity index (χ4v) is 4.16. The summed E-state index contributed by atoms with van der Waals surface area (Å²) in [5.41, 5.74) is 19.0. The number of nitrogen functional groups attached to an aromatic ring is 2. The molecule has 0 aliphatic rings. The third kappa shape index (κ3) is 12.5. The number of anilines is 3. The first-order valence-electron chi connectivity index (χ1n) is 13.8. The highest BCUT2D eigenvalue weighted by atomic mass is 35.5. The van der Waals surface area contributed by atoms with E-state index < -0.39 is 43.4 Å². The Morgan fingerprint density at radius 2 is 1.53 bits per heavy atom. The van der Waals surface area contributed by atoms with Crippen LogP contribution >= 0.6 is 11.6 Å². The molecule has 2 aromatic rings. The summed E-state index contributed by atoms with van der Waals surface area (Å²) in [5.74, 6) is -0.473. The maximum absolute atomic E-state index is 12.4. The highest BCUT2D eigenvalue weighted by Gasteiger charge is 2.23. The number of benzene rings is 1. The van der Waals surface area contributed by atoms with Gasteiger partial charge in [0.1, 0.15) is 18.0 Å². The fourth-order valence-electron chi connectivity index (χ4n) is 4.03. The summed E-state index contributed by atoms with van der Waals surface area (Å²) >= 11 is 5.82. The maximum atomic E-state index is 12.4. The van der Waals surface area contributed by atoms with Gasteiger partial charge in [0.15, 0.2) is 28.3 Å². The SMILES string of the molecule is NC(CC(=O)c1nc(Cl)c(N)nc1N)=NCCCCc1ccc(NCCN(C[C@H](O)[C@H](O)CO)C[C@H](O)[C@H](O)CO)cc1. The Bertz CT molecular complexity index is 1160. The molecule has 1 aromatic heterocycles. The van der Waals surface area contributed by atoms with Crippen molar-refractivity contribution in [2.75, 3.05) is 62.7 Å². The minimum absolute atomic E-state index is 0.0513. The van der Waals surface area contributed by atoms with Crippen molar-refractivity contribution in [3.05, 3.63) is 40.7 Å². The standard InChI is InChI=1S/C27H43ClN8O7/c28-25-27(31)35-26(30)24(34-25)18(39)11-23(29)33-8-2-1-3-16-4-6-17(7-5-16)32-9-10-36(12-19(40)21(42)14-37)13-20(41)22(43)15-38/h4-7,19-22,32,37-38,40-43H,1-3,8-15H2,(H2,29,33)(H4,30,31,35)/t19-,20-,21+,22+/m0/s1. The first kappa shape index (κ1) is 36.0. The molecule has 0 saturated heterocycles. The van der Waals surface area contributed by atoms with Crippen molar-refractivity contribution in [3.63, 3.8) is 0 Å². The Morgan fingerprint density at radius 3 is 2.12 bits per heavy atom. The third-order valence-electron chi connectivity index (χ3n) is 6.56. The molecule has 0 saturated carbocycles. The lowest BCUT2D eigenvalue weighted by Crippen LogP contribution is -2.47. The van der Waals surface area contributed by atoms with Crippen LogP contribution in [0.25, 0.3) is 0 Å². The molecule has 2 rings (SSSR count). The molecule has 1 heterocycles. The Hall–Kier alpha value is -3.15. The van der Waals surface area contributed by atoms with E-state index in [-0.39, 0.29) is 47.8 Å². The number of carbonyl (C=O) groups is 1. The van der Waals surface area contributed by atoms with Crippen molar-refractivity contribution < 1.29 is 35.4 Å². The minimum atomic E-state index is -1.34. The van der Waals surface area contributed by atoms with Gasteiger partial charge in [-0.15, -0.1) is 0 Å². The Kier molecular flexibility index (Phi) is 15.5. The van der Waals surface area contributed by atoms with E-state index >= 15 is 0 Å². The van der Waals surface area contributed by atoms with E-state index in [1.807, 2.05) is 24.3 Å². The number of rotatable bonds is 20. The molecule has 43 heavy (non-hydrogen) atoms. The summed E-state index contributed by atoms with van der Waals surface area (Å²) < 4.78 is 0. The number of amidine groups is 1. The Morgan fingerprint density at radius 1 is 0.930 bits per heavy atom. The zero-order chi connectivity index (χ0) is 31.9. The van der Waals surface area contributed by atoms with Gasteiger partial charge < -0.3 is 53.2 Å². The number of aryl methyl sites for hydroxylation is 1. The number of aliphatic imine (C=N–C) groups is 1. The molecule has 0 unspecified atom stereocenters. The summed E-state index contributed by atoms with van der Waals surface area (Å²) in [6.45, 7) is -0.110. The van der Waals surface area contributed by atoms with Gasteiger partial charge >= 0.3 is 0 Å². The molecular formula is C27H43ClN8O7. The van der Waals surface area contributed by atoms with Gasteiger partial charge in [-0.3, -0.25) is 14.7 Å². The van der Waals surface area contributed by atoms with Crippen LogP contribution in [0.4, 0.5) is 17.3 Å². The molecular weight excluding hydrogens is 584 g/mol. The van der Waals surface area contributed by atoms with Crippen molar-refractivity contribution in [2.45, 2.75) is 50.1 Å². The van der Waals surface area contributed by atoms with E-state index in [1.54, 1.807) is 4.90 Å². The van der Waals surface area contributed by atoms with Gasteiger partial charge in [-0.2, -0.15) is 0 Å². The van der Waals surface area contributed by atoms with E-state index in [4.69, 9.17) is 39.0 Å². The molecule has 240 valence electrons. The fraction of sp³-hybridized carbons (Fsp3) is 0.556. The number of unbranched alkanes of at least 4 members (excludes halogenated alkanes) is 1. The zero-order valence-corrected chi connectivity index (χ0v) is 24.6. The number of hydrogen-bond acceptors (Lipinski definition) is 14. The number of nitrogens with one attached hydrogen (secondary N) is 1. The van der Waals surface area contributed by atoms with Crippen LogP contribution in [0.3, 0.4) is 0 Å². The maximum Gasteiger partial charge on any atom is 0.192 e. The number of nitrogens with zero attached hydrogens (tertiary/aromatic N) is 4. The highest BCUT2D eigenvalue weighted by molar-refractivity contribution is 6.31. The van der Waals surface area contributed by atoms with Crippen LogP contribution in [0, 0.1) is 0 Å². The number of halogens is 1. The smallest absolute Gasteiger partial charge is 0.192 e. The van der Waals surface area contributed by atoms with Gasteiger partial charge in [-0.1, -0.05) is 23.7 Å². The quantitative estimate of drug-likeness (QED) is 0.0343. The van der Waals surface area contributed by atoms with Gasteiger partial charge in [0.2, 0.25) is 0 Å². The van der Waals surface area contributed by atoms with Crippen molar-refractivity contribution >= 4 is 40.5 Å². The van der Waals surface area contributed by atoms with Crippen LogP contribution in [0.1, 0.15) is 35.3 Å². The predicted molar refractivity (Wildman–Crippen MR) is 164 cm³/mol. The Balaban J connectivity index is 1.76. The van der Waals surface area contributed by atoms with Gasteiger partial charge in [-0.05, 0) is 37.0 Å². The van der Waals surface area contributed by atoms with E-state index in [2.05, 4.69) is 20.3 Å². The van der Waals surface area contributed by atoms with Gasteiger partial charge in [0.05, 0.1) is 31.8 Å². The van der Waals surface area contributed by atoms with Crippen molar-refractivity contribution in [1.82, 2.24) is 14.9 Å². The largest absolute Gasteiger partial charge is 0.394 e. The van der Waals surface area contributed by atoms with Crippen molar-refractivity contribution in [1.29, 1.82) is 0 Å². The van der Waals surface area contributed by atoms with Crippen LogP contribution in [-0.4, -0.2) is 127 Å². The number of nitrogens with two attached hydrogens (primary N) is 3. The lowest BCUT2D eigenvalue weighted by atomic mass is 10.1. The van der Waals surface area contributed by atoms with Crippen LogP contribution in [-0.2, 0) is 6.42 Å². The molecule has 0 aliphatic carbocycles. The first-order chi connectivity index (χ1) is 20.4. The molecule has 15 nitrogen and oxygen atoms in total. The summed E-state index contributed by atoms with van der Waals surface area (Å²) in [4.78, 5) is 25.9. The van der Waals surface area contributed by atoms with E-state index in [9.17, 15) is 25.2 Å². The average molecular weight is 627 g/mol. The predicted octanol–water partition coefficient (Wildman–Crippen LogP) is -1.61. The summed E-state index contributed by atoms with van der Waals surface area (Å²) in [5, 5.41) is 60.7. The number of aliphatic hydroxyl groups is 6. The molecule has 1 aromatic carbocycles. The summed E-state index contributed by atoms with van der Waals surface area (Å²) in [6.07, 6.45) is -2.93. The highest BCUT2D eigenvalue weighted by Crippen LogP contribution is 2.18. The minimum Gasteiger partial charge on any atom is -0.394 e. The number of carbonyl (C=O) groups excluding carboxylic acids is 1. The summed E-state index contributed by atoms with van der Waals surface area (Å²) in [6, 6.07) is 7.83. The van der Waals surface area contributed by atoms with Crippen LogP contribution in [0.5, 0.6) is 0 Å². The second kappa shape index (κ2) is 18.5. The molecule has 0 amide bonds. The van der Waals surface area contributed by atoms with Crippen molar-refractivity contribution in [2.24, 2.45) is 10.7 Å². The second-order valence-corrected chi connectivity index (χ2v) is 10.4. The first-order valence-corrected chi connectivity index (χ1v) is 14.2. The normalized spacial score (nSPS) is 14.8.